The van der Waals surface area contributed by atoms with Gasteiger partial charge < -0.3 is 15.3 Å². The van der Waals surface area contributed by atoms with E-state index in [0.717, 1.165) is 0 Å². The van der Waals surface area contributed by atoms with Crippen molar-refractivity contribution in [3.8, 4) is 0 Å². The quantitative estimate of drug-likeness (QED) is 0.367. The molecule has 0 saturated carbocycles. The van der Waals surface area contributed by atoms with E-state index in [9.17, 15) is 0 Å². The van der Waals surface area contributed by atoms with Gasteiger partial charge in [0.25, 0.3) is 0 Å². The summed E-state index contributed by atoms with van der Waals surface area (Å²) in [4.78, 5) is 0. The number of aliphatic hydroxyl groups is 3. The van der Waals surface area contributed by atoms with Crippen LogP contribution in [0.1, 0.15) is 0 Å². The first-order chi connectivity index (χ1) is 3.83. The normalized spacial score (nSPS) is 7.50. The van der Waals surface area contributed by atoms with E-state index >= 15 is 0 Å². The molecule has 4 heteroatoms. The third-order valence-electron chi connectivity index (χ3n) is 0.200. The summed E-state index contributed by atoms with van der Waals surface area (Å²) in [5.41, 5.74) is 0. The molecule has 0 aromatic carbocycles. The Bertz CT molecular complexity index is 19.2. The smallest absolute Gasteiger partial charge is 0.0662 e. The van der Waals surface area contributed by atoms with E-state index in [1.807, 2.05) is 0 Å². The maximum absolute atomic E-state index is 7.80. The third kappa shape index (κ3) is 34.3. The van der Waals surface area contributed by atoms with Crippen LogP contribution < -0.4 is 0 Å². The second kappa shape index (κ2) is 15.7. The summed E-state index contributed by atoms with van der Waals surface area (Å²) in [6.45, 7) is -0.0664. The highest BCUT2D eigenvalue weighted by Gasteiger charge is 1.58. The second-order valence-corrected chi connectivity index (χ2v) is 1.34. The van der Waals surface area contributed by atoms with Crippen LogP contribution >= 0.6 is 12.6 Å². The van der Waals surface area contributed by atoms with Gasteiger partial charge in [-0.25, -0.2) is 0 Å². The van der Waals surface area contributed by atoms with Gasteiger partial charge in [0.15, 0.2) is 0 Å². The summed E-state index contributed by atoms with van der Waals surface area (Å²) in [5, 5.41) is 23.0. The molecule has 0 bridgehead atoms. The average Bonchev–Trinajstić information content (AvgIpc) is 1.88. The summed E-state index contributed by atoms with van der Waals surface area (Å²) in [6, 6.07) is 0. The number of thiol groups is 1. The maximum atomic E-state index is 7.80. The molecule has 0 rings (SSSR count). The van der Waals surface area contributed by atoms with Crippen molar-refractivity contribution in [1.82, 2.24) is 0 Å². The lowest BCUT2D eigenvalue weighted by molar-refractivity contribution is 0.186. The van der Waals surface area contributed by atoms with Gasteiger partial charge in [-0.2, -0.15) is 12.6 Å². The Hall–Kier alpha value is 0.230. The van der Waals surface area contributed by atoms with Gasteiger partial charge >= 0.3 is 0 Å². The van der Waals surface area contributed by atoms with Crippen LogP contribution in [0, 0.1) is 0 Å². The molecule has 0 aliphatic rings. The summed E-state index contributed by atoms with van der Waals surface area (Å²) in [6.07, 6.45) is 0. The SMILES string of the molecule is OCCO.OCCS. The molecule has 0 unspecified atom stereocenters. The van der Waals surface area contributed by atoms with Crippen LogP contribution in [0.4, 0.5) is 0 Å². The van der Waals surface area contributed by atoms with E-state index in [4.69, 9.17) is 15.3 Å². The first-order valence-electron chi connectivity index (χ1n) is 2.26. The molecule has 8 heavy (non-hydrogen) atoms. The van der Waals surface area contributed by atoms with Crippen LogP contribution in [0.15, 0.2) is 0 Å². The Balaban J connectivity index is 0. The number of rotatable bonds is 2. The zero-order valence-corrected chi connectivity index (χ0v) is 5.51. The minimum Gasteiger partial charge on any atom is -0.396 e. The van der Waals surface area contributed by atoms with Crippen molar-refractivity contribution in [2.45, 2.75) is 0 Å². The van der Waals surface area contributed by atoms with Crippen LogP contribution in [-0.4, -0.2) is 40.9 Å². The van der Waals surface area contributed by atoms with Crippen molar-refractivity contribution in [1.29, 1.82) is 0 Å². The van der Waals surface area contributed by atoms with Gasteiger partial charge in [0.2, 0.25) is 0 Å². The molecule has 0 amide bonds. The molecule has 0 spiro atoms. The van der Waals surface area contributed by atoms with E-state index in [2.05, 4.69) is 12.6 Å². The van der Waals surface area contributed by atoms with Gasteiger partial charge in [0.1, 0.15) is 0 Å². The van der Waals surface area contributed by atoms with Crippen LogP contribution in [0.3, 0.4) is 0 Å². The molecule has 0 heterocycles. The van der Waals surface area contributed by atoms with Crippen molar-refractivity contribution in [2.24, 2.45) is 0 Å². The highest BCUT2D eigenvalue weighted by atomic mass is 32.1. The van der Waals surface area contributed by atoms with Gasteiger partial charge in [-0.15, -0.1) is 0 Å². The lowest BCUT2D eigenvalue weighted by Gasteiger charge is -1.70. The Morgan fingerprint density at radius 2 is 1.12 bits per heavy atom. The van der Waals surface area contributed by atoms with Crippen LogP contribution in [0.25, 0.3) is 0 Å². The molecule has 0 saturated heterocycles. The number of aliphatic hydroxyl groups excluding tert-OH is 3. The van der Waals surface area contributed by atoms with E-state index in [0.29, 0.717) is 5.75 Å². The highest BCUT2D eigenvalue weighted by molar-refractivity contribution is 7.80. The highest BCUT2D eigenvalue weighted by Crippen LogP contribution is 1.61. The molecule has 0 aliphatic carbocycles. The molecular formula is C4H12O3S. The molecule has 0 aromatic rings. The molecule has 0 atom stereocenters. The molecular weight excluding hydrogens is 128 g/mol. The predicted octanol–water partition coefficient (Wildman–Crippen LogP) is -1.12. The fraction of sp³-hybridized carbons (Fsp3) is 1.00. The Labute approximate surface area is 54.4 Å². The second-order valence-electron chi connectivity index (χ2n) is 0.894. The molecule has 52 valence electrons. The zero-order chi connectivity index (χ0) is 6.83. The lowest BCUT2D eigenvalue weighted by atomic mass is 10.8. The molecule has 3 N–H and O–H groups in total. The maximum Gasteiger partial charge on any atom is 0.0662 e. The topological polar surface area (TPSA) is 60.7 Å². The minimum atomic E-state index is -0.125. The minimum absolute atomic E-state index is 0.125. The van der Waals surface area contributed by atoms with Crippen LogP contribution in [0.5, 0.6) is 0 Å². The largest absolute Gasteiger partial charge is 0.396 e. The Morgan fingerprint density at radius 1 is 0.875 bits per heavy atom. The summed E-state index contributed by atoms with van der Waals surface area (Å²) in [7, 11) is 0. The van der Waals surface area contributed by atoms with Gasteiger partial charge in [0, 0.05) is 5.75 Å². The van der Waals surface area contributed by atoms with E-state index in [-0.39, 0.29) is 19.8 Å². The summed E-state index contributed by atoms with van der Waals surface area (Å²) >= 11 is 3.67. The first kappa shape index (κ1) is 11.1. The average molecular weight is 140 g/mol. The summed E-state index contributed by atoms with van der Waals surface area (Å²) in [5.74, 6) is 0.569. The molecule has 0 fully saturated rings. The van der Waals surface area contributed by atoms with E-state index < -0.39 is 0 Å². The van der Waals surface area contributed by atoms with Crippen molar-refractivity contribution >= 4 is 12.6 Å². The first-order valence-corrected chi connectivity index (χ1v) is 2.90. The lowest BCUT2D eigenvalue weighted by Crippen LogP contribution is -1.85. The monoisotopic (exact) mass is 140 g/mol. The van der Waals surface area contributed by atoms with Gasteiger partial charge in [0.05, 0.1) is 19.8 Å². The zero-order valence-electron chi connectivity index (χ0n) is 4.62. The van der Waals surface area contributed by atoms with E-state index in [1.165, 1.54) is 0 Å². The van der Waals surface area contributed by atoms with Crippen molar-refractivity contribution < 1.29 is 15.3 Å². The Kier molecular flexibility index (Phi) is 21.7. The summed E-state index contributed by atoms with van der Waals surface area (Å²) < 4.78 is 0. The molecule has 0 aliphatic heterocycles. The van der Waals surface area contributed by atoms with Crippen LogP contribution in [0.2, 0.25) is 0 Å². The van der Waals surface area contributed by atoms with E-state index in [1.54, 1.807) is 0 Å². The third-order valence-corrected chi connectivity index (χ3v) is 0.400. The standard InChI is InChI=1S/C2H6O2.C2H6OS/c2*3-1-2-4/h2*3-4H,1-2H2. The van der Waals surface area contributed by atoms with Crippen molar-refractivity contribution in [2.75, 3.05) is 25.6 Å². The fourth-order valence-electron chi connectivity index (χ4n) is 0. The van der Waals surface area contributed by atoms with Gasteiger partial charge in [-0.3, -0.25) is 0 Å². The van der Waals surface area contributed by atoms with Crippen LogP contribution in [-0.2, 0) is 0 Å². The number of hydrogen-bond donors (Lipinski definition) is 4. The molecule has 3 nitrogen and oxygen atoms in total. The Morgan fingerprint density at radius 3 is 1.12 bits per heavy atom. The molecule has 0 aromatic heterocycles. The molecule has 0 radical (unpaired) electrons. The van der Waals surface area contributed by atoms with Gasteiger partial charge in [-0.1, -0.05) is 0 Å². The predicted molar refractivity (Wildman–Crippen MR) is 35.1 cm³/mol. The fourth-order valence-corrected chi connectivity index (χ4v) is 0. The van der Waals surface area contributed by atoms with Crippen molar-refractivity contribution in [3.63, 3.8) is 0 Å². The van der Waals surface area contributed by atoms with Crippen molar-refractivity contribution in [3.05, 3.63) is 0 Å². The number of hydrogen-bond acceptors (Lipinski definition) is 4. The van der Waals surface area contributed by atoms with Gasteiger partial charge in [-0.05, 0) is 0 Å².